The molecule has 0 saturated carbocycles. The summed E-state index contributed by atoms with van der Waals surface area (Å²) in [6, 6.07) is 18.6. The third-order valence-electron chi connectivity index (χ3n) is 5.13. The van der Waals surface area contributed by atoms with Crippen LogP contribution >= 0.6 is 35.4 Å². The van der Waals surface area contributed by atoms with Gasteiger partial charge in [-0.05, 0) is 54.5 Å². The summed E-state index contributed by atoms with van der Waals surface area (Å²) in [6.45, 7) is 2.33. The number of aromatic nitrogens is 1. The van der Waals surface area contributed by atoms with E-state index in [1.807, 2.05) is 61.5 Å². The van der Waals surface area contributed by atoms with E-state index in [1.165, 1.54) is 0 Å². The summed E-state index contributed by atoms with van der Waals surface area (Å²) in [5.74, 6) is 0.531. The number of methoxy groups -OCH3 is 1. The van der Waals surface area contributed by atoms with E-state index < -0.39 is 0 Å². The lowest BCUT2D eigenvalue weighted by atomic mass is 10.2. The first-order valence-corrected chi connectivity index (χ1v) is 11.1. The molecule has 33 heavy (non-hydrogen) atoms. The third kappa shape index (κ3) is 4.95. The van der Waals surface area contributed by atoms with Gasteiger partial charge < -0.3 is 19.7 Å². The van der Waals surface area contributed by atoms with Gasteiger partial charge in [0.1, 0.15) is 5.75 Å². The molecule has 3 aromatic carbocycles. The lowest BCUT2D eigenvalue weighted by molar-refractivity contribution is 0.417. The highest BCUT2D eigenvalue weighted by atomic mass is 35.5. The van der Waals surface area contributed by atoms with E-state index in [0.717, 1.165) is 22.0 Å². The van der Waals surface area contributed by atoms with Gasteiger partial charge in [0.2, 0.25) is 11.0 Å². The monoisotopic (exact) mass is 498 g/mol. The molecule has 0 spiro atoms. The van der Waals surface area contributed by atoms with Gasteiger partial charge in [-0.1, -0.05) is 53.5 Å². The maximum absolute atomic E-state index is 11.0. The topological polar surface area (TPSA) is 71.1 Å². The Morgan fingerprint density at radius 2 is 1.85 bits per heavy atom. The van der Waals surface area contributed by atoms with Crippen LogP contribution in [0.2, 0.25) is 10.0 Å². The summed E-state index contributed by atoms with van der Waals surface area (Å²) in [5, 5.41) is 24.5. The fourth-order valence-electron chi connectivity index (χ4n) is 3.47. The Bertz CT molecular complexity index is 1370. The zero-order valence-corrected chi connectivity index (χ0v) is 20.2. The number of benzene rings is 3. The maximum atomic E-state index is 11.0. The summed E-state index contributed by atoms with van der Waals surface area (Å²) < 4.78 is 7.13. The van der Waals surface area contributed by atoms with Gasteiger partial charge in [0.15, 0.2) is 5.69 Å². The first-order valence-electron chi connectivity index (χ1n) is 9.99. The first kappa shape index (κ1) is 23.0. The number of thiocarbonyl (C=S) groups is 1. The molecule has 9 heteroatoms. The first-order chi connectivity index (χ1) is 15.9. The van der Waals surface area contributed by atoms with Crippen LogP contribution in [0.15, 0.2) is 70.9 Å². The van der Waals surface area contributed by atoms with Gasteiger partial charge in [-0.25, -0.2) is 0 Å². The van der Waals surface area contributed by atoms with E-state index in [4.69, 9.17) is 40.2 Å². The second kappa shape index (κ2) is 9.79. The van der Waals surface area contributed by atoms with Crippen LogP contribution in [0.4, 0.5) is 11.4 Å². The molecule has 0 unspecified atom stereocenters. The summed E-state index contributed by atoms with van der Waals surface area (Å²) in [5.41, 5.74) is 3.64. The maximum Gasteiger partial charge on any atom is 0.221 e. The summed E-state index contributed by atoms with van der Waals surface area (Å²) in [6.07, 6.45) is 0. The molecule has 0 atom stereocenters. The number of anilines is 1. The van der Waals surface area contributed by atoms with Crippen LogP contribution < -0.4 is 10.1 Å². The van der Waals surface area contributed by atoms with E-state index in [2.05, 4.69) is 15.5 Å². The lowest BCUT2D eigenvalue weighted by Gasteiger charge is -2.11. The molecule has 1 aromatic heterocycles. The van der Waals surface area contributed by atoms with Crippen molar-refractivity contribution in [3.05, 3.63) is 81.8 Å². The Morgan fingerprint density at radius 3 is 2.58 bits per heavy atom. The van der Waals surface area contributed by atoms with Crippen molar-refractivity contribution >= 4 is 62.8 Å². The SMILES string of the molecule is COc1cc(Cl)c(C)cc1NC(=S)N=Nc1c(O)n(Cc2ccc(Cl)cc2)c2ccccc12. The molecule has 0 amide bonds. The lowest BCUT2D eigenvalue weighted by Crippen LogP contribution is -2.06. The summed E-state index contributed by atoms with van der Waals surface area (Å²) in [4.78, 5) is 0. The number of halogens is 2. The molecule has 1 heterocycles. The normalized spacial score (nSPS) is 11.3. The van der Waals surface area contributed by atoms with Crippen molar-refractivity contribution in [1.82, 2.24) is 4.57 Å². The number of rotatable bonds is 5. The molecule has 0 radical (unpaired) electrons. The Kier molecular flexibility index (Phi) is 6.83. The highest BCUT2D eigenvalue weighted by molar-refractivity contribution is 7.80. The highest BCUT2D eigenvalue weighted by Crippen LogP contribution is 2.39. The van der Waals surface area contributed by atoms with Crippen molar-refractivity contribution < 1.29 is 9.84 Å². The molecular formula is C24H20Cl2N4O2S. The number of nitrogens with one attached hydrogen (secondary N) is 1. The number of azo groups is 1. The van der Waals surface area contributed by atoms with E-state index >= 15 is 0 Å². The molecule has 0 bridgehead atoms. The molecule has 0 saturated heterocycles. The minimum atomic E-state index is -0.00221. The molecule has 168 valence electrons. The number of ether oxygens (including phenoxy) is 1. The van der Waals surface area contributed by atoms with Gasteiger partial charge in [0.25, 0.3) is 0 Å². The molecule has 0 aliphatic carbocycles. The predicted molar refractivity (Wildman–Crippen MR) is 138 cm³/mol. The van der Waals surface area contributed by atoms with Crippen molar-refractivity contribution in [3.63, 3.8) is 0 Å². The molecule has 4 aromatic rings. The molecule has 4 rings (SSSR count). The van der Waals surface area contributed by atoms with E-state index in [-0.39, 0.29) is 11.0 Å². The predicted octanol–water partition coefficient (Wildman–Crippen LogP) is 7.50. The molecule has 0 aliphatic rings. The standard InChI is InChI=1S/C24H20Cl2N4O2S/c1-14-11-19(21(32-2)12-18(14)26)27-24(33)29-28-22-17-5-3-4-6-20(17)30(23(22)31)13-15-7-9-16(25)10-8-15/h3-12,31H,13H2,1-2H3,(H,27,33). The third-order valence-corrected chi connectivity index (χ3v) is 5.98. The van der Waals surface area contributed by atoms with Crippen molar-refractivity contribution in [1.29, 1.82) is 0 Å². The van der Waals surface area contributed by atoms with Gasteiger partial charge in [-0.2, -0.15) is 0 Å². The molecule has 2 N–H and O–H groups in total. The minimum Gasteiger partial charge on any atom is -0.495 e. The quantitative estimate of drug-likeness (QED) is 0.220. The van der Waals surface area contributed by atoms with E-state index in [1.54, 1.807) is 17.7 Å². The average molecular weight is 499 g/mol. The molecule has 6 nitrogen and oxygen atoms in total. The van der Waals surface area contributed by atoms with Crippen molar-refractivity contribution in [2.45, 2.75) is 13.5 Å². The number of para-hydroxylation sites is 1. The second-order valence-electron chi connectivity index (χ2n) is 7.33. The minimum absolute atomic E-state index is 0.00221. The zero-order chi connectivity index (χ0) is 23.5. The van der Waals surface area contributed by atoms with Gasteiger partial charge in [0, 0.05) is 21.5 Å². The number of aryl methyl sites for hydroxylation is 1. The Hall–Kier alpha value is -3.13. The number of fused-ring (bicyclic) bond motifs is 1. The number of hydrogen-bond acceptors (Lipinski definition) is 4. The van der Waals surface area contributed by atoms with Crippen molar-refractivity contribution in [2.75, 3.05) is 12.4 Å². The number of aromatic hydroxyl groups is 1. The average Bonchev–Trinajstić information content (AvgIpc) is 3.07. The van der Waals surface area contributed by atoms with Crippen LogP contribution in [0.5, 0.6) is 11.6 Å². The van der Waals surface area contributed by atoms with Crippen LogP contribution in [0.3, 0.4) is 0 Å². The fraction of sp³-hybridized carbons (Fsp3) is 0.125. The van der Waals surface area contributed by atoms with Crippen LogP contribution in [-0.2, 0) is 6.54 Å². The van der Waals surface area contributed by atoms with Crippen LogP contribution in [0.25, 0.3) is 10.9 Å². The Labute approximate surface area is 206 Å². The van der Waals surface area contributed by atoms with Crippen molar-refractivity contribution in [2.24, 2.45) is 10.2 Å². The van der Waals surface area contributed by atoms with E-state index in [0.29, 0.717) is 33.7 Å². The van der Waals surface area contributed by atoms with Gasteiger partial charge in [0.05, 0.1) is 24.9 Å². The molecule has 0 aliphatic heterocycles. The zero-order valence-electron chi connectivity index (χ0n) is 17.8. The van der Waals surface area contributed by atoms with Gasteiger partial charge in [-0.15, -0.1) is 10.2 Å². The van der Waals surface area contributed by atoms with Crippen LogP contribution in [0.1, 0.15) is 11.1 Å². The van der Waals surface area contributed by atoms with Crippen LogP contribution in [-0.4, -0.2) is 21.9 Å². The fourth-order valence-corrected chi connectivity index (χ4v) is 3.90. The second-order valence-corrected chi connectivity index (χ2v) is 8.56. The number of hydrogen-bond donors (Lipinski definition) is 2. The Balaban J connectivity index is 1.64. The van der Waals surface area contributed by atoms with Gasteiger partial charge >= 0.3 is 0 Å². The highest BCUT2D eigenvalue weighted by Gasteiger charge is 2.17. The smallest absolute Gasteiger partial charge is 0.221 e. The Morgan fingerprint density at radius 1 is 1.12 bits per heavy atom. The molecule has 0 fully saturated rings. The van der Waals surface area contributed by atoms with Crippen molar-refractivity contribution in [3.8, 4) is 11.6 Å². The molecular weight excluding hydrogens is 479 g/mol. The summed E-state index contributed by atoms with van der Waals surface area (Å²) in [7, 11) is 1.55. The van der Waals surface area contributed by atoms with Crippen LogP contribution in [0, 0.1) is 6.92 Å². The van der Waals surface area contributed by atoms with Gasteiger partial charge in [-0.3, -0.25) is 0 Å². The summed E-state index contributed by atoms with van der Waals surface area (Å²) >= 11 is 17.5. The van der Waals surface area contributed by atoms with E-state index in [9.17, 15) is 5.11 Å². The largest absolute Gasteiger partial charge is 0.495 e. The number of nitrogens with zero attached hydrogens (tertiary/aromatic N) is 3.